The molecule has 0 radical (unpaired) electrons. The summed E-state index contributed by atoms with van der Waals surface area (Å²) in [6.07, 6.45) is 8.24. The predicted molar refractivity (Wildman–Crippen MR) is 69.4 cm³/mol. The van der Waals surface area contributed by atoms with E-state index in [1.165, 1.54) is 19.3 Å². The molecule has 0 bridgehead atoms. The third kappa shape index (κ3) is 4.27. The highest BCUT2D eigenvalue weighted by Gasteiger charge is 2.29. The van der Waals surface area contributed by atoms with Gasteiger partial charge < -0.3 is 0 Å². The molecule has 1 unspecified atom stereocenters. The lowest BCUT2D eigenvalue weighted by atomic mass is 9.75. The van der Waals surface area contributed by atoms with E-state index in [0.717, 1.165) is 25.7 Å². The summed E-state index contributed by atoms with van der Waals surface area (Å²) in [5.74, 6) is 1.27. The van der Waals surface area contributed by atoms with Crippen molar-refractivity contribution in [2.45, 2.75) is 72.6 Å². The van der Waals surface area contributed by atoms with Crippen LogP contribution in [-0.2, 0) is 4.79 Å². The fourth-order valence-electron chi connectivity index (χ4n) is 2.91. The van der Waals surface area contributed by atoms with Crippen LogP contribution in [0.25, 0.3) is 0 Å². The van der Waals surface area contributed by atoms with Gasteiger partial charge in [-0.3, -0.25) is 4.79 Å². The van der Waals surface area contributed by atoms with Crippen LogP contribution < -0.4 is 0 Å². The Morgan fingerprint density at radius 2 is 1.75 bits per heavy atom. The fourth-order valence-corrected chi connectivity index (χ4v) is 2.91. The van der Waals surface area contributed by atoms with E-state index in [1.54, 1.807) is 0 Å². The molecule has 16 heavy (non-hydrogen) atoms. The molecule has 0 aliphatic heterocycles. The summed E-state index contributed by atoms with van der Waals surface area (Å²) in [5, 5.41) is 0. The summed E-state index contributed by atoms with van der Waals surface area (Å²) < 4.78 is 0. The maximum absolute atomic E-state index is 12.4. The Morgan fingerprint density at radius 1 is 1.19 bits per heavy atom. The van der Waals surface area contributed by atoms with Crippen molar-refractivity contribution in [2.24, 2.45) is 17.3 Å². The van der Waals surface area contributed by atoms with Gasteiger partial charge in [0, 0.05) is 11.8 Å². The Labute approximate surface area is 101 Å². The molecule has 1 fully saturated rings. The SMILES string of the molecule is CCC(CC(C)(C)C)C(=O)C1CCCCC1. The van der Waals surface area contributed by atoms with E-state index in [4.69, 9.17) is 0 Å². The van der Waals surface area contributed by atoms with Gasteiger partial charge in [-0.05, 0) is 31.1 Å². The second-order valence-corrected chi connectivity index (χ2v) is 6.61. The Bertz CT molecular complexity index is 218. The smallest absolute Gasteiger partial charge is 0.139 e. The average Bonchev–Trinajstić information content (AvgIpc) is 2.25. The Hall–Kier alpha value is -0.330. The van der Waals surface area contributed by atoms with Crippen molar-refractivity contribution in [3.8, 4) is 0 Å². The van der Waals surface area contributed by atoms with Crippen molar-refractivity contribution in [3.63, 3.8) is 0 Å². The van der Waals surface area contributed by atoms with Crippen LogP contribution in [0, 0.1) is 17.3 Å². The van der Waals surface area contributed by atoms with Gasteiger partial charge in [-0.15, -0.1) is 0 Å². The van der Waals surface area contributed by atoms with Gasteiger partial charge in [-0.25, -0.2) is 0 Å². The van der Waals surface area contributed by atoms with Crippen molar-refractivity contribution < 1.29 is 4.79 Å². The Morgan fingerprint density at radius 3 is 2.19 bits per heavy atom. The predicted octanol–water partition coefficient (Wildman–Crippen LogP) is 4.60. The first-order chi connectivity index (χ1) is 7.44. The van der Waals surface area contributed by atoms with E-state index in [-0.39, 0.29) is 5.41 Å². The van der Waals surface area contributed by atoms with Crippen molar-refractivity contribution in [2.75, 3.05) is 0 Å². The van der Waals surface area contributed by atoms with Gasteiger partial charge in [-0.1, -0.05) is 47.0 Å². The van der Waals surface area contributed by atoms with Crippen molar-refractivity contribution in [1.82, 2.24) is 0 Å². The van der Waals surface area contributed by atoms with Crippen LogP contribution in [0.1, 0.15) is 72.6 Å². The normalized spacial score (nSPS) is 20.8. The van der Waals surface area contributed by atoms with E-state index >= 15 is 0 Å². The first-order valence-electron chi connectivity index (χ1n) is 6.98. The number of rotatable bonds is 4. The summed E-state index contributed by atoms with van der Waals surface area (Å²) in [6, 6.07) is 0. The molecule has 0 aromatic rings. The summed E-state index contributed by atoms with van der Waals surface area (Å²) in [6.45, 7) is 8.88. The van der Waals surface area contributed by atoms with Crippen LogP contribution in [0.5, 0.6) is 0 Å². The Balaban J connectivity index is 2.54. The highest BCUT2D eigenvalue weighted by atomic mass is 16.1. The number of carbonyl (C=O) groups is 1. The molecule has 0 aromatic heterocycles. The zero-order valence-electron chi connectivity index (χ0n) is 11.5. The van der Waals surface area contributed by atoms with Gasteiger partial charge in [0.05, 0.1) is 0 Å². The standard InChI is InChI=1S/C15H28O/c1-5-12(11-15(2,3)4)14(16)13-9-7-6-8-10-13/h12-13H,5-11H2,1-4H3. The quantitative estimate of drug-likeness (QED) is 0.682. The van der Waals surface area contributed by atoms with E-state index < -0.39 is 0 Å². The third-order valence-electron chi connectivity index (χ3n) is 3.76. The molecule has 0 amide bonds. The molecule has 1 nitrogen and oxygen atoms in total. The fraction of sp³-hybridized carbons (Fsp3) is 0.933. The maximum atomic E-state index is 12.4. The number of hydrogen-bond donors (Lipinski definition) is 0. The number of Topliss-reactive ketones (excluding diaryl/α,β-unsaturated/α-hetero) is 1. The lowest BCUT2D eigenvalue weighted by Crippen LogP contribution is -2.28. The third-order valence-corrected chi connectivity index (χ3v) is 3.76. The van der Waals surface area contributed by atoms with Crippen molar-refractivity contribution >= 4 is 5.78 Å². The van der Waals surface area contributed by atoms with Crippen LogP contribution in [0.2, 0.25) is 0 Å². The molecule has 0 heterocycles. The van der Waals surface area contributed by atoms with Crippen LogP contribution in [-0.4, -0.2) is 5.78 Å². The zero-order valence-corrected chi connectivity index (χ0v) is 11.5. The topological polar surface area (TPSA) is 17.1 Å². The van der Waals surface area contributed by atoms with Crippen LogP contribution in [0.3, 0.4) is 0 Å². The van der Waals surface area contributed by atoms with E-state index in [1.807, 2.05) is 0 Å². The van der Waals surface area contributed by atoms with Gasteiger partial charge in [-0.2, -0.15) is 0 Å². The highest BCUT2D eigenvalue weighted by Crippen LogP contribution is 2.33. The first kappa shape index (κ1) is 13.7. The van der Waals surface area contributed by atoms with E-state index in [0.29, 0.717) is 17.6 Å². The molecule has 0 saturated heterocycles. The minimum Gasteiger partial charge on any atom is -0.299 e. The highest BCUT2D eigenvalue weighted by molar-refractivity contribution is 5.83. The molecule has 1 aliphatic rings. The van der Waals surface area contributed by atoms with Crippen LogP contribution in [0.15, 0.2) is 0 Å². The monoisotopic (exact) mass is 224 g/mol. The minimum absolute atomic E-state index is 0.283. The van der Waals surface area contributed by atoms with Gasteiger partial charge in [0.1, 0.15) is 5.78 Å². The van der Waals surface area contributed by atoms with E-state index in [9.17, 15) is 4.79 Å². The molecule has 0 spiro atoms. The molecule has 1 aliphatic carbocycles. The largest absolute Gasteiger partial charge is 0.299 e. The van der Waals surface area contributed by atoms with Crippen molar-refractivity contribution in [1.29, 1.82) is 0 Å². The number of hydrogen-bond acceptors (Lipinski definition) is 1. The average molecular weight is 224 g/mol. The molecular formula is C15H28O. The molecule has 0 N–H and O–H groups in total. The lowest BCUT2D eigenvalue weighted by Gasteiger charge is -2.29. The summed E-state index contributed by atoms with van der Waals surface area (Å²) in [5.41, 5.74) is 0.283. The Kier molecular flexibility index (Phi) is 5.01. The second-order valence-electron chi connectivity index (χ2n) is 6.61. The number of ketones is 1. The van der Waals surface area contributed by atoms with Crippen LogP contribution >= 0.6 is 0 Å². The molecule has 1 heteroatoms. The maximum Gasteiger partial charge on any atom is 0.139 e. The van der Waals surface area contributed by atoms with Gasteiger partial charge >= 0.3 is 0 Å². The molecule has 1 rings (SSSR count). The van der Waals surface area contributed by atoms with Crippen molar-refractivity contribution in [3.05, 3.63) is 0 Å². The van der Waals surface area contributed by atoms with Gasteiger partial charge in [0.2, 0.25) is 0 Å². The molecule has 0 aromatic carbocycles. The minimum atomic E-state index is 0.283. The second kappa shape index (κ2) is 5.84. The summed E-state index contributed by atoms with van der Waals surface area (Å²) >= 11 is 0. The van der Waals surface area contributed by atoms with Gasteiger partial charge in [0.15, 0.2) is 0 Å². The lowest BCUT2D eigenvalue weighted by molar-refractivity contribution is -0.128. The summed E-state index contributed by atoms with van der Waals surface area (Å²) in [7, 11) is 0. The molecule has 1 atom stereocenters. The first-order valence-corrected chi connectivity index (χ1v) is 6.98. The zero-order chi connectivity index (χ0) is 12.2. The molecular weight excluding hydrogens is 196 g/mol. The molecule has 94 valence electrons. The van der Waals surface area contributed by atoms with Crippen LogP contribution in [0.4, 0.5) is 0 Å². The summed E-state index contributed by atoms with van der Waals surface area (Å²) in [4.78, 5) is 12.4. The van der Waals surface area contributed by atoms with E-state index in [2.05, 4.69) is 27.7 Å². The van der Waals surface area contributed by atoms with Gasteiger partial charge in [0.25, 0.3) is 0 Å². The number of carbonyl (C=O) groups excluding carboxylic acids is 1. The molecule has 1 saturated carbocycles.